The quantitative estimate of drug-likeness (QED) is 0.848. The largest absolute Gasteiger partial charge is 0.356 e. The van der Waals surface area contributed by atoms with Gasteiger partial charge in [0.05, 0.1) is 11.9 Å². The Morgan fingerprint density at radius 2 is 2.12 bits per heavy atom. The van der Waals surface area contributed by atoms with Crippen molar-refractivity contribution in [3.8, 4) is 0 Å². The zero-order valence-corrected chi connectivity index (χ0v) is 9.23. The molecule has 0 saturated heterocycles. The molecular formula is C13H14N2O. The Labute approximate surface area is 94.5 Å². The molecule has 0 atom stereocenters. The van der Waals surface area contributed by atoms with E-state index >= 15 is 0 Å². The number of pyridine rings is 1. The lowest BCUT2D eigenvalue weighted by Gasteiger charge is -2.05. The second-order valence-corrected chi connectivity index (χ2v) is 3.62. The lowest BCUT2D eigenvalue weighted by atomic mass is 10.1. The van der Waals surface area contributed by atoms with Gasteiger partial charge in [-0.1, -0.05) is 24.3 Å². The van der Waals surface area contributed by atoms with Crippen molar-refractivity contribution in [3.63, 3.8) is 0 Å². The minimum Gasteiger partial charge on any atom is -0.356 e. The maximum absolute atomic E-state index is 11.5. The fraction of sp³-hybridized carbons (Fsp3) is 0.231. The molecule has 3 nitrogen and oxygen atoms in total. The summed E-state index contributed by atoms with van der Waals surface area (Å²) in [5, 5.41) is 3.87. The smallest absolute Gasteiger partial charge is 0.224 e. The van der Waals surface area contributed by atoms with E-state index in [-0.39, 0.29) is 5.91 Å². The molecule has 0 aliphatic heterocycles. The summed E-state index contributed by atoms with van der Waals surface area (Å²) in [4.78, 5) is 15.8. The van der Waals surface area contributed by atoms with E-state index in [1.54, 1.807) is 6.20 Å². The van der Waals surface area contributed by atoms with Gasteiger partial charge in [-0.15, -0.1) is 0 Å². The molecule has 0 bridgehead atoms. The molecule has 0 radical (unpaired) electrons. The number of nitrogens with zero attached hydrogens (tertiary/aromatic N) is 1. The minimum absolute atomic E-state index is 0.0423. The molecule has 1 heterocycles. The molecular weight excluding hydrogens is 200 g/mol. The van der Waals surface area contributed by atoms with Crippen LogP contribution in [0.15, 0.2) is 36.5 Å². The molecule has 0 fully saturated rings. The van der Waals surface area contributed by atoms with E-state index < -0.39 is 0 Å². The van der Waals surface area contributed by atoms with Gasteiger partial charge < -0.3 is 5.32 Å². The number of para-hydroxylation sites is 1. The number of hydrogen-bond acceptors (Lipinski definition) is 2. The number of likely N-dealkylation sites (N-methyl/N-ethyl adjacent to an activating group) is 1. The fourth-order valence-electron chi connectivity index (χ4n) is 1.74. The molecule has 0 saturated carbocycles. The number of amides is 1. The maximum atomic E-state index is 11.5. The fourth-order valence-corrected chi connectivity index (χ4v) is 1.74. The first-order valence-corrected chi connectivity index (χ1v) is 5.40. The highest BCUT2D eigenvalue weighted by atomic mass is 16.1. The average molecular weight is 214 g/mol. The van der Waals surface area contributed by atoms with Crippen molar-refractivity contribution in [1.29, 1.82) is 0 Å². The summed E-state index contributed by atoms with van der Waals surface area (Å²) >= 11 is 0. The Bertz CT molecular complexity index is 503. The molecule has 2 aromatic rings. The number of fused-ring (bicyclic) bond motifs is 1. The number of carbonyl (C=O) groups is 1. The first kappa shape index (κ1) is 10.6. The van der Waals surface area contributed by atoms with Crippen molar-refractivity contribution in [2.24, 2.45) is 0 Å². The lowest BCUT2D eigenvalue weighted by Crippen LogP contribution is -2.24. The van der Waals surface area contributed by atoms with Gasteiger partial charge in [0.15, 0.2) is 0 Å². The molecule has 0 aliphatic rings. The zero-order valence-electron chi connectivity index (χ0n) is 9.23. The Morgan fingerprint density at radius 1 is 1.31 bits per heavy atom. The van der Waals surface area contributed by atoms with Crippen molar-refractivity contribution in [2.45, 2.75) is 13.3 Å². The Balaban J connectivity index is 2.33. The second kappa shape index (κ2) is 4.75. The van der Waals surface area contributed by atoms with E-state index in [9.17, 15) is 4.79 Å². The van der Waals surface area contributed by atoms with E-state index in [0.29, 0.717) is 13.0 Å². The standard InChI is InChI=1S/C13H14N2O/c1-2-14-12(16)9-11-6-3-5-10-7-4-8-15-13(10)11/h3-8H,2,9H2,1H3,(H,14,16). The van der Waals surface area contributed by atoms with Crippen LogP contribution in [0.25, 0.3) is 10.9 Å². The van der Waals surface area contributed by atoms with Gasteiger partial charge in [0.1, 0.15) is 0 Å². The highest BCUT2D eigenvalue weighted by Crippen LogP contribution is 2.16. The van der Waals surface area contributed by atoms with Gasteiger partial charge in [0.2, 0.25) is 5.91 Å². The molecule has 16 heavy (non-hydrogen) atoms. The van der Waals surface area contributed by atoms with Crippen LogP contribution in [0.4, 0.5) is 0 Å². The van der Waals surface area contributed by atoms with Crippen LogP contribution in [-0.2, 0) is 11.2 Å². The molecule has 1 N–H and O–H groups in total. The van der Waals surface area contributed by atoms with E-state index in [4.69, 9.17) is 0 Å². The third-order valence-electron chi connectivity index (χ3n) is 2.44. The monoisotopic (exact) mass is 214 g/mol. The summed E-state index contributed by atoms with van der Waals surface area (Å²) in [5.74, 6) is 0.0423. The third-order valence-corrected chi connectivity index (χ3v) is 2.44. The average Bonchev–Trinajstić information content (AvgIpc) is 2.30. The summed E-state index contributed by atoms with van der Waals surface area (Å²) in [6.07, 6.45) is 2.14. The van der Waals surface area contributed by atoms with Gasteiger partial charge in [-0.3, -0.25) is 9.78 Å². The summed E-state index contributed by atoms with van der Waals surface area (Å²) in [5.41, 5.74) is 1.89. The molecule has 0 spiro atoms. The van der Waals surface area contributed by atoms with Crippen LogP contribution in [0.5, 0.6) is 0 Å². The summed E-state index contributed by atoms with van der Waals surface area (Å²) in [7, 11) is 0. The SMILES string of the molecule is CCNC(=O)Cc1cccc2cccnc12. The van der Waals surface area contributed by atoms with Crippen LogP contribution >= 0.6 is 0 Å². The van der Waals surface area contributed by atoms with Crippen molar-refractivity contribution in [2.75, 3.05) is 6.54 Å². The van der Waals surface area contributed by atoms with Crippen LogP contribution in [0, 0.1) is 0 Å². The molecule has 3 heteroatoms. The van der Waals surface area contributed by atoms with Gasteiger partial charge in [-0.05, 0) is 18.6 Å². The molecule has 0 aliphatic carbocycles. The van der Waals surface area contributed by atoms with Gasteiger partial charge in [-0.25, -0.2) is 0 Å². The molecule has 1 amide bonds. The molecule has 2 rings (SSSR count). The van der Waals surface area contributed by atoms with Crippen LogP contribution in [0.2, 0.25) is 0 Å². The second-order valence-electron chi connectivity index (χ2n) is 3.62. The van der Waals surface area contributed by atoms with E-state index in [1.165, 1.54) is 0 Å². The van der Waals surface area contributed by atoms with Crippen molar-refractivity contribution in [1.82, 2.24) is 10.3 Å². The Hall–Kier alpha value is -1.90. The number of rotatable bonds is 3. The summed E-state index contributed by atoms with van der Waals surface area (Å²) < 4.78 is 0. The number of carbonyl (C=O) groups excluding carboxylic acids is 1. The number of nitrogens with one attached hydrogen (secondary N) is 1. The summed E-state index contributed by atoms with van der Waals surface area (Å²) in [6, 6.07) is 9.81. The predicted octanol–water partition coefficient (Wildman–Crippen LogP) is 1.91. The van der Waals surface area contributed by atoms with Gasteiger partial charge in [0, 0.05) is 18.1 Å². The first-order chi connectivity index (χ1) is 7.81. The molecule has 82 valence electrons. The van der Waals surface area contributed by atoms with Crippen molar-refractivity contribution < 1.29 is 4.79 Å². The molecule has 1 aromatic carbocycles. The zero-order chi connectivity index (χ0) is 11.4. The topological polar surface area (TPSA) is 42.0 Å². The van der Waals surface area contributed by atoms with E-state index in [1.807, 2.05) is 37.3 Å². The highest BCUT2D eigenvalue weighted by molar-refractivity contribution is 5.87. The Kier molecular flexibility index (Phi) is 3.15. The van der Waals surface area contributed by atoms with Gasteiger partial charge in [0.25, 0.3) is 0 Å². The van der Waals surface area contributed by atoms with E-state index in [2.05, 4.69) is 10.3 Å². The number of benzene rings is 1. The van der Waals surface area contributed by atoms with Crippen molar-refractivity contribution >= 4 is 16.8 Å². The van der Waals surface area contributed by atoms with Crippen LogP contribution < -0.4 is 5.32 Å². The first-order valence-electron chi connectivity index (χ1n) is 5.40. The van der Waals surface area contributed by atoms with Crippen molar-refractivity contribution in [3.05, 3.63) is 42.1 Å². The van der Waals surface area contributed by atoms with Crippen LogP contribution in [0.1, 0.15) is 12.5 Å². The van der Waals surface area contributed by atoms with Crippen LogP contribution in [0.3, 0.4) is 0 Å². The number of aromatic nitrogens is 1. The minimum atomic E-state index is 0.0423. The maximum Gasteiger partial charge on any atom is 0.224 e. The van der Waals surface area contributed by atoms with Crippen LogP contribution in [-0.4, -0.2) is 17.4 Å². The van der Waals surface area contributed by atoms with Gasteiger partial charge in [-0.2, -0.15) is 0 Å². The highest BCUT2D eigenvalue weighted by Gasteiger charge is 2.06. The molecule has 0 unspecified atom stereocenters. The van der Waals surface area contributed by atoms with E-state index in [0.717, 1.165) is 16.5 Å². The number of hydrogen-bond donors (Lipinski definition) is 1. The predicted molar refractivity (Wildman–Crippen MR) is 64.1 cm³/mol. The lowest BCUT2D eigenvalue weighted by molar-refractivity contribution is -0.120. The van der Waals surface area contributed by atoms with Gasteiger partial charge >= 0.3 is 0 Å². The molecule has 1 aromatic heterocycles. The summed E-state index contributed by atoms with van der Waals surface area (Å²) in [6.45, 7) is 2.58. The normalized spacial score (nSPS) is 10.3. The third kappa shape index (κ3) is 2.19. The Morgan fingerprint density at radius 3 is 2.94 bits per heavy atom.